The van der Waals surface area contributed by atoms with Crippen LogP contribution in [0.15, 0.2) is 0 Å². The lowest BCUT2D eigenvalue weighted by Gasteiger charge is -2.24. The van der Waals surface area contributed by atoms with E-state index in [2.05, 4.69) is 0 Å². The van der Waals surface area contributed by atoms with Crippen LogP contribution < -0.4 is 0 Å². The summed E-state index contributed by atoms with van der Waals surface area (Å²) in [6, 6.07) is 0. The number of hydrogen-bond donors (Lipinski definition) is 1. The van der Waals surface area contributed by atoms with Gasteiger partial charge >= 0.3 is 5.97 Å². The summed E-state index contributed by atoms with van der Waals surface area (Å²) in [4.78, 5) is 11.1. The van der Waals surface area contributed by atoms with Gasteiger partial charge in [-0.15, -0.1) is 0 Å². The Morgan fingerprint density at radius 1 is 1.47 bits per heavy atom. The normalized spacial score (nSPS) is 32.8. The third kappa shape index (κ3) is 2.46. The maximum Gasteiger partial charge on any atom is 0.338 e. The van der Waals surface area contributed by atoms with Crippen molar-refractivity contribution in [2.24, 2.45) is 0 Å². The molecular formula is C9H16O6. The van der Waals surface area contributed by atoms with Crippen LogP contribution in [-0.4, -0.2) is 63.4 Å². The van der Waals surface area contributed by atoms with Crippen LogP contribution in [0.25, 0.3) is 0 Å². The zero-order chi connectivity index (χ0) is 11.4. The van der Waals surface area contributed by atoms with Gasteiger partial charge in [-0.1, -0.05) is 0 Å². The molecule has 0 bridgehead atoms. The van der Waals surface area contributed by atoms with Gasteiger partial charge in [0.05, 0.1) is 6.61 Å². The van der Waals surface area contributed by atoms with Gasteiger partial charge in [0.1, 0.15) is 12.2 Å². The van der Waals surface area contributed by atoms with E-state index in [1.807, 2.05) is 0 Å². The summed E-state index contributed by atoms with van der Waals surface area (Å²) < 4.78 is 20.0. The highest BCUT2D eigenvalue weighted by Gasteiger charge is 2.48. The number of methoxy groups -OCH3 is 3. The van der Waals surface area contributed by atoms with E-state index in [1.165, 1.54) is 21.3 Å². The lowest BCUT2D eigenvalue weighted by molar-refractivity contribution is -0.153. The van der Waals surface area contributed by atoms with E-state index in [4.69, 9.17) is 18.9 Å². The predicted molar refractivity (Wildman–Crippen MR) is 49.4 cm³/mol. The second kappa shape index (κ2) is 5.41. The first-order valence-electron chi connectivity index (χ1n) is 4.58. The third-order valence-corrected chi connectivity index (χ3v) is 2.40. The number of aliphatic hydroxyl groups is 1. The first-order valence-corrected chi connectivity index (χ1v) is 4.58. The molecule has 0 aromatic rings. The Morgan fingerprint density at radius 2 is 2.13 bits per heavy atom. The molecule has 1 heterocycles. The van der Waals surface area contributed by atoms with Gasteiger partial charge in [0.25, 0.3) is 0 Å². The molecule has 1 saturated heterocycles. The molecule has 6 heteroatoms. The Balaban J connectivity index is 2.70. The monoisotopic (exact) mass is 220 g/mol. The van der Waals surface area contributed by atoms with Crippen molar-refractivity contribution in [3.05, 3.63) is 0 Å². The molecule has 1 aliphatic heterocycles. The predicted octanol–water partition coefficient (Wildman–Crippen LogP) is -1.05. The molecule has 0 radical (unpaired) electrons. The van der Waals surface area contributed by atoms with Crippen molar-refractivity contribution in [1.29, 1.82) is 0 Å². The molecule has 0 aliphatic carbocycles. The smallest absolute Gasteiger partial charge is 0.338 e. The van der Waals surface area contributed by atoms with Gasteiger partial charge in [-0.25, -0.2) is 4.79 Å². The maximum atomic E-state index is 11.1. The van der Waals surface area contributed by atoms with E-state index in [9.17, 15) is 9.90 Å². The summed E-state index contributed by atoms with van der Waals surface area (Å²) in [5, 5.41) is 9.44. The summed E-state index contributed by atoms with van der Waals surface area (Å²) in [6.45, 7) is 0.265. The molecule has 0 aromatic carbocycles. The van der Waals surface area contributed by atoms with Crippen molar-refractivity contribution >= 4 is 5.97 Å². The molecule has 1 fully saturated rings. The quantitative estimate of drug-likeness (QED) is 0.596. The van der Waals surface area contributed by atoms with E-state index in [1.54, 1.807) is 0 Å². The van der Waals surface area contributed by atoms with Crippen LogP contribution >= 0.6 is 0 Å². The number of carbonyl (C=O) groups is 1. The molecule has 1 rings (SSSR count). The van der Waals surface area contributed by atoms with Crippen molar-refractivity contribution in [3.63, 3.8) is 0 Å². The van der Waals surface area contributed by atoms with E-state index < -0.39 is 30.4 Å². The summed E-state index contributed by atoms with van der Waals surface area (Å²) >= 11 is 0. The second-order valence-electron chi connectivity index (χ2n) is 3.28. The molecule has 1 aliphatic rings. The van der Waals surface area contributed by atoms with Crippen LogP contribution in [0.2, 0.25) is 0 Å². The van der Waals surface area contributed by atoms with Crippen molar-refractivity contribution in [3.8, 4) is 0 Å². The van der Waals surface area contributed by atoms with Gasteiger partial charge in [-0.3, -0.25) is 0 Å². The minimum absolute atomic E-state index is 0.265. The van der Waals surface area contributed by atoms with Crippen molar-refractivity contribution < 1.29 is 28.8 Å². The molecule has 1 N–H and O–H groups in total. The fourth-order valence-corrected chi connectivity index (χ4v) is 1.60. The largest absolute Gasteiger partial charge is 0.455 e. The zero-order valence-corrected chi connectivity index (χ0v) is 9.00. The first kappa shape index (κ1) is 12.4. The zero-order valence-electron chi connectivity index (χ0n) is 9.00. The summed E-state index contributed by atoms with van der Waals surface area (Å²) in [7, 11) is 4.40. The van der Waals surface area contributed by atoms with E-state index >= 15 is 0 Å². The Hall–Kier alpha value is -0.690. The fraction of sp³-hybridized carbons (Fsp3) is 0.889. The van der Waals surface area contributed by atoms with Gasteiger partial charge in [-0.05, 0) is 0 Å². The number of aliphatic hydroxyl groups excluding tert-OH is 1. The molecule has 0 amide bonds. The van der Waals surface area contributed by atoms with Crippen LogP contribution in [0, 0.1) is 0 Å². The minimum atomic E-state index is -1.26. The van der Waals surface area contributed by atoms with Gasteiger partial charge in [0.15, 0.2) is 12.2 Å². The number of ether oxygens (including phenoxy) is 4. The summed E-state index contributed by atoms with van der Waals surface area (Å²) in [6.07, 6.45) is -3.05. The maximum absolute atomic E-state index is 11.1. The number of esters is 1. The first-order chi connectivity index (χ1) is 7.15. The Bertz CT molecular complexity index is 219. The summed E-state index contributed by atoms with van der Waals surface area (Å²) in [5.74, 6) is -0.690. The Morgan fingerprint density at radius 3 is 2.60 bits per heavy atom. The molecule has 4 atom stereocenters. The topological polar surface area (TPSA) is 74.2 Å². The number of cyclic esters (lactones) is 1. The standard InChI is InChI=1S/C9H16O6/c1-12-4-5(13-2)7-8(14-3)6(10)9(11)15-7/h5-8,10H,4H2,1-3H3/t5-,6+,7-,8-/m1/s1. The van der Waals surface area contributed by atoms with Crippen molar-refractivity contribution in [1.82, 2.24) is 0 Å². The average Bonchev–Trinajstić information content (AvgIpc) is 2.51. The number of hydrogen-bond acceptors (Lipinski definition) is 6. The fourth-order valence-electron chi connectivity index (χ4n) is 1.60. The molecule has 0 aromatic heterocycles. The minimum Gasteiger partial charge on any atom is -0.455 e. The van der Waals surface area contributed by atoms with Crippen LogP contribution in [0.3, 0.4) is 0 Å². The third-order valence-electron chi connectivity index (χ3n) is 2.40. The van der Waals surface area contributed by atoms with Crippen molar-refractivity contribution in [2.75, 3.05) is 27.9 Å². The molecular weight excluding hydrogens is 204 g/mol. The second-order valence-corrected chi connectivity index (χ2v) is 3.28. The highest BCUT2D eigenvalue weighted by molar-refractivity contribution is 5.77. The van der Waals surface area contributed by atoms with Crippen LogP contribution in [0.4, 0.5) is 0 Å². The van der Waals surface area contributed by atoms with Gasteiger partial charge in [0.2, 0.25) is 0 Å². The summed E-state index contributed by atoms with van der Waals surface area (Å²) in [5.41, 5.74) is 0. The highest BCUT2D eigenvalue weighted by atomic mass is 16.6. The molecule has 15 heavy (non-hydrogen) atoms. The SMILES string of the molecule is COC[C@@H](OC)[C@H]1OC(=O)[C@@H](O)[C@H]1OC. The van der Waals surface area contributed by atoms with E-state index in [-0.39, 0.29) is 6.61 Å². The van der Waals surface area contributed by atoms with Gasteiger partial charge in [-0.2, -0.15) is 0 Å². The van der Waals surface area contributed by atoms with Crippen LogP contribution in [0.1, 0.15) is 0 Å². The van der Waals surface area contributed by atoms with Crippen LogP contribution in [-0.2, 0) is 23.7 Å². The molecule has 0 saturated carbocycles. The molecule has 0 unspecified atom stereocenters. The number of rotatable bonds is 5. The van der Waals surface area contributed by atoms with Crippen LogP contribution in [0.5, 0.6) is 0 Å². The van der Waals surface area contributed by atoms with Gasteiger partial charge < -0.3 is 24.1 Å². The highest BCUT2D eigenvalue weighted by Crippen LogP contribution is 2.23. The van der Waals surface area contributed by atoms with Gasteiger partial charge in [0, 0.05) is 21.3 Å². The average molecular weight is 220 g/mol. The lowest BCUT2D eigenvalue weighted by atomic mass is 10.1. The van der Waals surface area contributed by atoms with E-state index in [0.29, 0.717) is 0 Å². The van der Waals surface area contributed by atoms with E-state index in [0.717, 1.165) is 0 Å². The van der Waals surface area contributed by atoms with Crippen molar-refractivity contribution in [2.45, 2.75) is 24.4 Å². The number of carbonyl (C=O) groups excluding carboxylic acids is 1. The lowest BCUT2D eigenvalue weighted by Crippen LogP contribution is -2.43. The molecule has 88 valence electrons. The molecule has 0 spiro atoms. The molecule has 6 nitrogen and oxygen atoms in total. The Kier molecular flexibility index (Phi) is 4.46. The Labute approximate surface area is 88.1 Å².